The Labute approximate surface area is 99.2 Å². The molecule has 1 aliphatic heterocycles. The largest absolute Gasteiger partial charge is 0.445 e. The Hall–Kier alpha value is -1.62. The number of carbonyl (C=O) groups excluding carboxylic acids is 1. The lowest BCUT2D eigenvalue weighted by atomic mass is 10.1. The summed E-state index contributed by atoms with van der Waals surface area (Å²) in [7, 11) is 0. The van der Waals surface area contributed by atoms with Gasteiger partial charge in [-0.1, -0.05) is 12.1 Å². The van der Waals surface area contributed by atoms with Gasteiger partial charge in [-0.25, -0.2) is 9.18 Å². The maximum absolute atomic E-state index is 13.2. The van der Waals surface area contributed by atoms with Crippen molar-refractivity contribution < 1.29 is 13.9 Å². The molecule has 2 rings (SSSR count). The molecule has 4 nitrogen and oxygen atoms in total. The molecule has 1 aromatic carbocycles. The molecule has 5 heteroatoms. The molecule has 0 aromatic heterocycles. The number of halogens is 1. The first kappa shape index (κ1) is 11.9. The number of ether oxygens (including phenoxy) is 1. The summed E-state index contributed by atoms with van der Waals surface area (Å²) in [5.41, 5.74) is 0.140. The molecular formula is C12H15FN2O2. The summed E-state index contributed by atoms with van der Waals surface area (Å²) < 4.78 is 18.4. The lowest BCUT2D eigenvalue weighted by Gasteiger charge is -2.22. The highest BCUT2D eigenvalue weighted by molar-refractivity contribution is 5.84. The molecule has 0 bridgehead atoms. The van der Waals surface area contributed by atoms with Crippen LogP contribution in [0.5, 0.6) is 0 Å². The fourth-order valence-electron chi connectivity index (χ4n) is 1.77. The van der Waals surface area contributed by atoms with Crippen LogP contribution in [0.4, 0.5) is 14.9 Å². The number of rotatable bonds is 2. The van der Waals surface area contributed by atoms with Crippen molar-refractivity contribution in [1.82, 2.24) is 5.32 Å². The molecule has 0 radical (unpaired) electrons. The molecule has 0 saturated carbocycles. The second-order valence-electron chi connectivity index (χ2n) is 3.98. The van der Waals surface area contributed by atoms with Crippen molar-refractivity contribution in [2.45, 2.75) is 18.9 Å². The van der Waals surface area contributed by atoms with Gasteiger partial charge in [-0.05, 0) is 31.5 Å². The van der Waals surface area contributed by atoms with Crippen LogP contribution in [0.1, 0.15) is 12.8 Å². The van der Waals surface area contributed by atoms with Gasteiger partial charge >= 0.3 is 6.09 Å². The zero-order chi connectivity index (χ0) is 12.1. The molecule has 1 atom stereocenters. The molecule has 92 valence electrons. The minimum Gasteiger partial charge on any atom is -0.445 e. The Kier molecular flexibility index (Phi) is 3.93. The van der Waals surface area contributed by atoms with Crippen molar-refractivity contribution in [3.05, 3.63) is 30.1 Å². The molecule has 0 aliphatic carbocycles. The topological polar surface area (TPSA) is 50.4 Å². The normalized spacial score (nSPS) is 19.7. The minimum absolute atomic E-state index is 0.129. The van der Waals surface area contributed by atoms with E-state index in [1.807, 2.05) is 0 Å². The number of carbonyl (C=O) groups is 1. The van der Waals surface area contributed by atoms with Crippen LogP contribution in [-0.4, -0.2) is 25.3 Å². The Bertz CT molecular complexity index is 392. The minimum atomic E-state index is -0.608. The Morgan fingerprint density at radius 1 is 1.47 bits per heavy atom. The summed E-state index contributed by atoms with van der Waals surface area (Å²) in [4.78, 5) is 11.5. The second-order valence-corrected chi connectivity index (χ2v) is 3.98. The highest BCUT2D eigenvalue weighted by atomic mass is 19.1. The fourth-order valence-corrected chi connectivity index (χ4v) is 1.77. The van der Waals surface area contributed by atoms with E-state index in [0.717, 1.165) is 19.4 Å². The Morgan fingerprint density at radius 3 is 3.00 bits per heavy atom. The van der Waals surface area contributed by atoms with Gasteiger partial charge in [-0.3, -0.25) is 5.32 Å². The average Bonchev–Trinajstić information content (AvgIpc) is 2.33. The predicted molar refractivity (Wildman–Crippen MR) is 62.4 cm³/mol. The van der Waals surface area contributed by atoms with E-state index in [4.69, 9.17) is 4.74 Å². The summed E-state index contributed by atoms with van der Waals surface area (Å²) >= 11 is 0. The predicted octanol–water partition coefficient (Wildman–Crippen LogP) is 2.13. The number of anilines is 1. The molecule has 0 unspecified atom stereocenters. The van der Waals surface area contributed by atoms with Gasteiger partial charge in [0.1, 0.15) is 11.9 Å². The Balaban J connectivity index is 1.86. The number of para-hydroxylation sites is 1. The fraction of sp³-hybridized carbons (Fsp3) is 0.417. The second kappa shape index (κ2) is 5.63. The van der Waals surface area contributed by atoms with Gasteiger partial charge in [0.15, 0.2) is 0 Å². The molecule has 2 N–H and O–H groups in total. The number of hydrogen-bond acceptors (Lipinski definition) is 3. The van der Waals surface area contributed by atoms with E-state index < -0.39 is 11.9 Å². The van der Waals surface area contributed by atoms with Crippen molar-refractivity contribution in [3.8, 4) is 0 Å². The van der Waals surface area contributed by atoms with Crippen LogP contribution in [0.25, 0.3) is 0 Å². The molecule has 17 heavy (non-hydrogen) atoms. The first-order valence-electron chi connectivity index (χ1n) is 5.68. The molecule has 1 aromatic rings. The number of benzene rings is 1. The van der Waals surface area contributed by atoms with Crippen LogP contribution in [0.3, 0.4) is 0 Å². The van der Waals surface area contributed by atoms with Crippen LogP contribution in [0, 0.1) is 5.82 Å². The maximum atomic E-state index is 13.2. The van der Waals surface area contributed by atoms with Crippen LogP contribution in [0.2, 0.25) is 0 Å². The van der Waals surface area contributed by atoms with E-state index in [9.17, 15) is 9.18 Å². The van der Waals surface area contributed by atoms with Gasteiger partial charge in [0.25, 0.3) is 0 Å². The first-order chi connectivity index (χ1) is 8.25. The lowest BCUT2D eigenvalue weighted by molar-refractivity contribution is 0.0941. The van der Waals surface area contributed by atoms with Crippen LogP contribution < -0.4 is 10.6 Å². The first-order valence-corrected chi connectivity index (χ1v) is 5.68. The number of amides is 1. The molecule has 0 spiro atoms. The average molecular weight is 238 g/mol. The third kappa shape index (κ3) is 3.42. The van der Waals surface area contributed by atoms with Gasteiger partial charge in [0.2, 0.25) is 0 Å². The van der Waals surface area contributed by atoms with Gasteiger partial charge < -0.3 is 10.1 Å². The third-order valence-corrected chi connectivity index (χ3v) is 2.64. The molecule has 1 heterocycles. The van der Waals surface area contributed by atoms with Crippen LogP contribution in [0.15, 0.2) is 24.3 Å². The van der Waals surface area contributed by atoms with E-state index in [0.29, 0.717) is 6.54 Å². The van der Waals surface area contributed by atoms with Crippen molar-refractivity contribution in [1.29, 1.82) is 0 Å². The van der Waals surface area contributed by atoms with Crippen molar-refractivity contribution >= 4 is 11.8 Å². The van der Waals surface area contributed by atoms with Crippen molar-refractivity contribution in [3.63, 3.8) is 0 Å². The zero-order valence-corrected chi connectivity index (χ0v) is 9.41. The van der Waals surface area contributed by atoms with Gasteiger partial charge in [-0.15, -0.1) is 0 Å². The Morgan fingerprint density at radius 2 is 2.29 bits per heavy atom. The summed E-state index contributed by atoms with van der Waals surface area (Å²) in [5.74, 6) is -0.466. The van der Waals surface area contributed by atoms with Gasteiger partial charge in [0.05, 0.1) is 5.69 Å². The van der Waals surface area contributed by atoms with E-state index in [1.54, 1.807) is 12.1 Å². The standard InChI is InChI=1S/C12H15FN2O2/c13-10-5-1-2-6-11(10)15-12(16)17-9-4-3-7-14-8-9/h1-2,5-6,9,14H,3-4,7-8H2,(H,15,16)/t9-/m0/s1. The lowest BCUT2D eigenvalue weighted by Crippen LogP contribution is -2.37. The van der Waals surface area contributed by atoms with Crippen molar-refractivity contribution in [2.75, 3.05) is 18.4 Å². The molecule has 1 amide bonds. The van der Waals surface area contributed by atoms with E-state index in [2.05, 4.69) is 10.6 Å². The van der Waals surface area contributed by atoms with E-state index in [-0.39, 0.29) is 11.8 Å². The zero-order valence-electron chi connectivity index (χ0n) is 9.41. The summed E-state index contributed by atoms with van der Waals surface area (Å²) in [5, 5.41) is 5.53. The number of hydrogen-bond donors (Lipinski definition) is 2. The molecule has 1 fully saturated rings. The highest BCUT2D eigenvalue weighted by Crippen LogP contribution is 2.14. The molecule has 1 aliphatic rings. The van der Waals surface area contributed by atoms with Gasteiger partial charge in [0, 0.05) is 6.54 Å². The van der Waals surface area contributed by atoms with Crippen LogP contribution >= 0.6 is 0 Å². The third-order valence-electron chi connectivity index (χ3n) is 2.64. The summed E-state index contributed by atoms with van der Waals surface area (Å²) in [6, 6.07) is 6.01. The monoisotopic (exact) mass is 238 g/mol. The van der Waals surface area contributed by atoms with E-state index >= 15 is 0 Å². The van der Waals surface area contributed by atoms with E-state index in [1.165, 1.54) is 12.1 Å². The SMILES string of the molecule is O=C(Nc1ccccc1F)O[C@H]1CCCNC1. The number of piperidine rings is 1. The van der Waals surface area contributed by atoms with Crippen molar-refractivity contribution in [2.24, 2.45) is 0 Å². The maximum Gasteiger partial charge on any atom is 0.412 e. The quantitative estimate of drug-likeness (QED) is 0.829. The van der Waals surface area contributed by atoms with Gasteiger partial charge in [-0.2, -0.15) is 0 Å². The molecule has 1 saturated heterocycles. The molecular weight excluding hydrogens is 223 g/mol. The van der Waals surface area contributed by atoms with Crippen LogP contribution in [-0.2, 0) is 4.74 Å². The summed E-state index contributed by atoms with van der Waals surface area (Å²) in [6.07, 6.45) is 1.09. The smallest absolute Gasteiger partial charge is 0.412 e. The highest BCUT2D eigenvalue weighted by Gasteiger charge is 2.17. The number of nitrogens with one attached hydrogen (secondary N) is 2. The summed E-state index contributed by atoms with van der Waals surface area (Å²) in [6.45, 7) is 1.61.